The third-order valence-electron chi connectivity index (χ3n) is 1.46. The van der Waals surface area contributed by atoms with Crippen LogP contribution in [0, 0.1) is 0 Å². The molecule has 0 spiro atoms. The Morgan fingerprint density at radius 2 is 2.18 bits per heavy atom. The maximum atomic E-state index is 8.90. The highest BCUT2D eigenvalue weighted by atomic mass is 16.3. The highest BCUT2D eigenvalue weighted by molar-refractivity contribution is 4.77. The van der Waals surface area contributed by atoms with Gasteiger partial charge in [0.15, 0.2) is 0 Å². The maximum absolute atomic E-state index is 8.90. The minimum Gasteiger partial charge on any atom is -0.393 e. The van der Waals surface area contributed by atoms with Crippen molar-refractivity contribution in [3.8, 4) is 0 Å². The number of allylic oxidation sites excluding steroid dienone is 1. The van der Waals surface area contributed by atoms with Gasteiger partial charge in [0.1, 0.15) is 0 Å². The molecule has 0 aliphatic carbocycles. The first-order chi connectivity index (χ1) is 5.27. The molecule has 0 bridgehead atoms. The Hall–Kier alpha value is -0.340. The molecule has 2 N–H and O–H groups in total. The number of nitrogens with one attached hydrogen (secondary N) is 1. The third-order valence-corrected chi connectivity index (χ3v) is 1.46. The van der Waals surface area contributed by atoms with Crippen LogP contribution < -0.4 is 5.32 Å². The first-order valence-corrected chi connectivity index (χ1v) is 4.27. The summed E-state index contributed by atoms with van der Waals surface area (Å²) in [5.74, 6) is 0. The van der Waals surface area contributed by atoms with E-state index in [1.807, 2.05) is 13.8 Å². The molecule has 0 heterocycles. The van der Waals surface area contributed by atoms with E-state index in [0.717, 1.165) is 25.9 Å². The van der Waals surface area contributed by atoms with Crippen LogP contribution in [0.3, 0.4) is 0 Å². The highest BCUT2D eigenvalue weighted by Gasteiger charge is 1.92. The largest absolute Gasteiger partial charge is 0.393 e. The minimum atomic E-state index is -0.177. The molecule has 0 aromatic carbocycles. The normalized spacial score (nSPS) is 14.1. The SMILES string of the molecule is C/C=C/CCNCCC(C)O. The van der Waals surface area contributed by atoms with E-state index in [1.54, 1.807) is 0 Å². The summed E-state index contributed by atoms with van der Waals surface area (Å²) in [5.41, 5.74) is 0. The fourth-order valence-corrected chi connectivity index (χ4v) is 0.788. The lowest BCUT2D eigenvalue weighted by atomic mass is 10.3. The van der Waals surface area contributed by atoms with Gasteiger partial charge in [-0.2, -0.15) is 0 Å². The summed E-state index contributed by atoms with van der Waals surface area (Å²) in [6, 6.07) is 0. The van der Waals surface area contributed by atoms with Crippen LogP contribution in [-0.4, -0.2) is 24.3 Å². The van der Waals surface area contributed by atoms with Gasteiger partial charge in [-0.1, -0.05) is 12.2 Å². The Balaban J connectivity index is 2.91. The maximum Gasteiger partial charge on any atom is 0.0524 e. The molecule has 0 aliphatic heterocycles. The Bertz CT molecular complexity index is 99.7. The molecule has 0 rings (SSSR count). The number of aliphatic hydroxyl groups is 1. The Morgan fingerprint density at radius 1 is 1.45 bits per heavy atom. The van der Waals surface area contributed by atoms with Crippen LogP contribution in [0.25, 0.3) is 0 Å². The molecule has 0 saturated carbocycles. The van der Waals surface area contributed by atoms with Crippen LogP contribution in [0.5, 0.6) is 0 Å². The van der Waals surface area contributed by atoms with Gasteiger partial charge in [-0.15, -0.1) is 0 Å². The second kappa shape index (κ2) is 7.76. The van der Waals surface area contributed by atoms with E-state index >= 15 is 0 Å². The van der Waals surface area contributed by atoms with Crippen molar-refractivity contribution in [3.63, 3.8) is 0 Å². The zero-order valence-corrected chi connectivity index (χ0v) is 7.51. The molecule has 0 fully saturated rings. The average molecular weight is 157 g/mol. The standard InChI is InChI=1S/C9H19NO/c1-3-4-5-7-10-8-6-9(2)11/h3-4,9-11H,5-8H2,1-2H3/b4-3+. The third kappa shape index (κ3) is 9.66. The lowest BCUT2D eigenvalue weighted by Crippen LogP contribution is -2.19. The molecule has 0 aliphatic rings. The zero-order chi connectivity index (χ0) is 8.53. The van der Waals surface area contributed by atoms with E-state index < -0.39 is 0 Å². The monoisotopic (exact) mass is 157 g/mol. The van der Waals surface area contributed by atoms with Crippen LogP contribution >= 0.6 is 0 Å². The van der Waals surface area contributed by atoms with Gasteiger partial charge in [-0.25, -0.2) is 0 Å². The highest BCUT2D eigenvalue weighted by Crippen LogP contribution is 1.86. The average Bonchev–Trinajstić information content (AvgIpc) is 1.96. The lowest BCUT2D eigenvalue weighted by molar-refractivity contribution is 0.184. The molecule has 0 aromatic heterocycles. The molecule has 0 amide bonds. The molecule has 1 unspecified atom stereocenters. The van der Waals surface area contributed by atoms with Crippen molar-refractivity contribution in [1.82, 2.24) is 5.32 Å². The van der Waals surface area contributed by atoms with Gasteiger partial charge in [0, 0.05) is 0 Å². The molecular formula is C9H19NO. The summed E-state index contributed by atoms with van der Waals surface area (Å²) in [4.78, 5) is 0. The number of hydrogen-bond acceptors (Lipinski definition) is 2. The second-order valence-electron chi connectivity index (χ2n) is 2.75. The molecule has 11 heavy (non-hydrogen) atoms. The molecule has 0 aromatic rings. The minimum absolute atomic E-state index is 0.177. The van der Waals surface area contributed by atoms with Gasteiger partial charge < -0.3 is 10.4 Å². The zero-order valence-electron chi connectivity index (χ0n) is 7.51. The molecule has 0 radical (unpaired) electrons. The van der Waals surface area contributed by atoms with Crippen LogP contribution in [0.2, 0.25) is 0 Å². The first-order valence-electron chi connectivity index (χ1n) is 4.27. The molecule has 2 heteroatoms. The Morgan fingerprint density at radius 3 is 2.73 bits per heavy atom. The van der Waals surface area contributed by atoms with Gasteiger partial charge in [0.25, 0.3) is 0 Å². The predicted molar refractivity (Wildman–Crippen MR) is 48.6 cm³/mol. The topological polar surface area (TPSA) is 32.3 Å². The van der Waals surface area contributed by atoms with E-state index in [9.17, 15) is 0 Å². The van der Waals surface area contributed by atoms with E-state index in [-0.39, 0.29) is 6.10 Å². The van der Waals surface area contributed by atoms with Gasteiger partial charge in [0.05, 0.1) is 6.10 Å². The number of rotatable bonds is 6. The molecule has 1 atom stereocenters. The number of hydrogen-bond donors (Lipinski definition) is 2. The molecule has 66 valence electrons. The fraction of sp³-hybridized carbons (Fsp3) is 0.778. The van der Waals surface area contributed by atoms with Crippen LogP contribution in [0.4, 0.5) is 0 Å². The van der Waals surface area contributed by atoms with Gasteiger partial charge in [-0.3, -0.25) is 0 Å². The lowest BCUT2D eigenvalue weighted by Gasteiger charge is -2.04. The molecule has 2 nitrogen and oxygen atoms in total. The summed E-state index contributed by atoms with van der Waals surface area (Å²) in [5, 5.41) is 12.1. The van der Waals surface area contributed by atoms with Crippen LogP contribution in [0.15, 0.2) is 12.2 Å². The van der Waals surface area contributed by atoms with Crippen molar-refractivity contribution < 1.29 is 5.11 Å². The Kier molecular flexibility index (Phi) is 7.52. The van der Waals surface area contributed by atoms with Crippen molar-refractivity contribution in [2.24, 2.45) is 0 Å². The van der Waals surface area contributed by atoms with Crippen molar-refractivity contribution in [1.29, 1.82) is 0 Å². The molecule has 0 saturated heterocycles. The number of aliphatic hydroxyl groups excluding tert-OH is 1. The van der Waals surface area contributed by atoms with Crippen molar-refractivity contribution in [2.45, 2.75) is 32.8 Å². The van der Waals surface area contributed by atoms with E-state index in [4.69, 9.17) is 5.11 Å². The fourth-order valence-electron chi connectivity index (χ4n) is 0.788. The van der Waals surface area contributed by atoms with E-state index in [0.29, 0.717) is 0 Å². The van der Waals surface area contributed by atoms with E-state index in [1.165, 1.54) is 0 Å². The van der Waals surface area contributed by atoms with Gasteiger partial charge in [0.2, 0.25) is 0 Å². The van der Waals surface area contributed by atoms with Crippen molar-refractivity contribution >= 4 is 0 Å². The second-order valence-corrected chi connectivity index (χ2v) is 2.75. The van der Waals surface area contributed by atoms with Crippen LogP contribution in [-0.2, 0) is 0 Å². The van der Waals surface area contributed by atoms with Gasteiger partial charge >= 0.3 is 0 Å². The predicted octanol–water partition coefficient (Wildman–Crippen LogP) is 1.31. The summed E-state index contributed by atoms with van der Waals surface area (Å²) in [6.45, 7) is 5.76. The van der Waals surface area contributed by atoms with Crippen molar-refractivity contribution in [2.75, 3.05) is 13.1 Å². The summed E-state index contributed by atoms with van der Waals surface area (Å²) >= 11 is 0. The van der Waals surface area contributed by atoms with Crippen molar-refractivity contribution in [3.05, 3.63) is 12.2 Å². The Labute approximate surface area is 69.3 Å². The van der Waals surface area contributed by atoms with Crippen LogP contribution in [0.1, 0.15) is 26.7 Å². The summed E-state index contributed by atoms with van der Waals surface area (Å²) < 4.78 is 0. The molecular weight excluding hydrogens is 138 g/mol. The van der Waals surface area contributed by atoms with Gasteiger partial charge in [-0.05, 0) is 39.8 Å². The smallest absolute Gasteiger partial charge is 0.0524 e. The van der Waals surface area contributed by atoms with E-state index in [2.05, 4.69) is 17.5 Å². The first kappa shape index (κ1) is 10.7. The summed E-state index contributed by atoms with van der Waals surface area (Å²) in [6.07, 6.45) is 5.93. The summed E-state index contributed by atoms with van der Waals surface area (Å²) in [7, 11) is 0. The quantitative estimate of drug-likeness (QED) is 0.450.